The van der Waals surface area contributed by atoms with Gasteiger partial charge in [-0.15, -0.1) is 0 Å². The van der Waals surface area contributed by atoms with Crippen molar-refractivity contribution in [2.45, 2.75) is 44.2 Å². The van der Waals surface area contributed by atoms with Crippen molar-refractivity contribution in [3.8, 4) is 0 Å². The summed E-state index contributed by atoms with van der Waals surface area (Å²) in [7, 11) is 0. The lowest BCUT2D eigenvalue weighted by atomic mass is 9.82. The van der Waals surface area contributed by atoms with Gasteiger partial charge in [0, 0.05) is 0 Å². The van der Waals surface area contributed by atoms with E-state index in [0.717, 1.165) is 28.8 Å². The summed E-state index contributed by atoms with van der Waals surface area (Å²) in [5, 5.41) is 3.43. The van der Waals surface area contributed by atoms with Crippen molar-refractivity contribution in [1.82, 2.24) is 20.3 Å². The van der Waals surface area contributed by atoms with Gasteiger partial charge in [-0.1, -0.05) is 31.4 Å². The number of nitrogens with one attached hydrogen (secondary N) is 2. The van der Waals surface area contributed by atoms with Crippen LogP contribution in [0.15, 0.2) is 33.5 Å². The number of urea groups is 1. The van der Waals surface area contributed by atoms with Gasteiger partial charge in [0.05, 0.1) is 5.52 Å². The van der Waals surface area contributed by atoms with Crippen LogP contribution in [0.4, 0.5) is 4.79 Å². The third-order valence-electron chi connectivity index (χ3n) is 4.98. The summed E-state index contributed by atoms with van der Waals surface area (Å²) in [5.74, 6) is -1.78. The number of fused-ring (bicyclic) bond motifs is 1. The molecule has 1 aliphatic heterocycles. The van der Waals surface area contributed by atoms with Crippen LogP contribution in [0.25, 0.3) is 11.1 Å². The van der Waals surface area contributed by atoms with Crippen LogP contribution in [-0.2, 0) is 16.1 Å². The predicted octanol–water partition coefficient (Wildman–Crippen LogP) is 0.880. The summed E-state index contributed by atoms with van der Waals surface area (Å²) in [6.45, 7) is -0.361. The van der Waals surface area contributed by atoms with E-state index in [-0.39, 0.29) is 6.54 Å². The van der Waals surface area contributed by atoms with Crippen molar-refractivity contribution in [2.24, 2.45) is 0 Å². The minimum absolute atomic E-state index is 0.361. The highest BCUT2D eigenvalue weighted by molar-refractivity contribution is 6.08. The van der Waals surface area contributed by atoms with Gasteiger partial charge in [-0.25, -0.2) is 9.59 Å². The summed E-state index contributed by atoms with van der Waals surface area (Å²) in [6.07, 6.45) is 3.85. The Morgan fingerprint density at radius 1 is 1.15 bits per heavy atom. The molecule has 2 aliphatic rings. The molecule has 26 heavy (non-hydrogen) atoms. The Labute approximate surface area is 147 Å². The number of amides is 4. The molecule has 0 bridgehead atoms. The number of nitrogens with zero attached hydrogens (tertiary/aromatic N) is 2. The highest BCUT2D eigenvalue weighted by Gasteiger charge is 2.52. The third kappa shape index (κ3) is 2.56. The Bertz CT molecular complexity index is 953. The molecule has 1 spiro atoms. The molecule has 4 amide bonds. The Balaban J connectivity index is 1.51. The molecule has 2 fully saturated rings. The first-order chi connectivity index (χ1) is 12.5. The van der Waals surface area contributed by atoms with Gasteiger partial charge in [-0.2, -0.15) is 5.01 Å². The summed E-state index contributed by atoms with van der Waals surface area (Å²) in [4.78, 5) is 49.1. The fourth-order valence-corrected chi connectivity index (χ4v) is 3.68. The van der Waals surface area contributed by atoms with Crippen LogP contribution < -0.4 is 16.5 Å². The molecule has 1 saturated heterocycles. The number of rotatable bonds is 3. The van der Waals surface area contributed by atoms with Crippen LogP contribution >= 0.6 is 0 Å². The van der Waals surface area contributed by atoms with Crippen molar-refractivity contribution >= 4 is 28.9 Å². The lowest BCUT2D eigenvalue weighted by molar-refractivity contribution is -0.140. The minimum atomic E-state index is -0.915. The van der Waals surface area contributed by atoms with Crippen LogP contribution in [0.2, 0.25) is 0 Å². The maximum atomic E-state index is 12.7. The largest absolute Gasteiger partial charge is 0.420 e. The van der Waals surface area contributed by atoms with Gasteiger partial charge < -0.3 is 9.73 Å². The maximum absolute atomic E-state index is 12.7. The lowest BCUT2D eigenvalue weighted by Crippen LogP contribution is -2.51. The molecule has 1 aliphatic carbocycles. The van der Waals surface area contributed by atoms with E-state index in [4.69, 9.17) is 4.42 Å². The molecule has 1 aromatic heterocycles. The molecular formula is C17H18N4O5. The smallest absolute Gasteiger partial charge is 0.408 e. The van der Waals surface area contributed by atoms with Crippen LogP contribution in [0.3, 0.4) is 0 Å². The van der Waals surface area contributed by atoms with E-state index in [1.807, 2.05) is 0 Å². The number of hydrogen-bond donors (Lipinski definition) is 2. The van der Waals surface area contributed by atoms with Crippen molar-refractivity contribution < 1.29 is 18.8 Å². The van der Waals surface area contributed by atoms with Gasteiger partial charge in [0.1, 0.15) is 12.1 Å². The van der Waals surface area contributed by atoms with E-state index in [1.165, 1.54) is 0 Å². The van der Waals surface area contributed by atoms with Crippen molar-refractivity contribution in [2.75, 3.05) is 0 Å². The van der Waals surface area contributed by atoms with E-state index in [1.54, 1.807) is 24.3 Å². The fourth-order valence-electron chi connectivity index (χ4n) is 3.68. The predicted molar refractivity (Wildman–Crippen MR) is 89.8 cm³/mol. The second kappa shape index (κ2) is 6.01. The zero-order chi connectivity index (χ0) is 18.3. The van der Waals surface area contributed by atoms with Crippen molar-refractivity contribution in [3.63, 3.8) is 0 Å². The van der Waals surface area contributed by atoms with Gasteiger partial charge in [0.25, 0.3) is 11.8 Å². The number of hydrazine groups is 1. The molecule has 2 aromatic rings. The normalized spacial score (nSPS) is 19.2. The van der Waals surface area contributed by atoms with E-state index in [9.17, 15) is 19.2 Å². The first-order valence-corrected chi connectivity index (χ1v) is 8.55. The Morgan fingerprint density at radius 3 is 2.65 bits per heavy atom. The second-order valence-electron chi connectivity index (χ2n) is 6.67. The number of imide groups is 1. The van der Waals surface area contributed by atoms with Gasteiger partial charge in [0.15, 0.2) is 5.58 Å². The monoisotopic (exact) mass is 358 g/mol. The molecule has 2 N–H and O–H groups in total. The standard InChI is InChI=1S/C17H18N4O5/c22-13(10-20-11-6-2-3-7-12(11)26-16(20)25)19-21-14(23)17(18-15(21)24)8-4-1-5-9-17/h2-3,6-7H,1,4-5,8-10H2,(H,18,24)(H,19,22). The quantitative estimate of drug-likeness (QED) is 0.791. The van der Waals surface area contributed by atoms with Crippen LogP contribution in [0.1, 0.15) is 32.1 Å². The van der Waals surface area contributed by atoms with Crippen LogP contribution in [0.5, 0.6) is 0 Å². The number of carbonyl (C=O) groups is 3. The number of carbonyl (C=O) groups excluding carboxylic acids is 3. The molecule has 2 heterocycles. The van der Waals surface area contributed by atoms with Crippen molar-refractivity contribution in [1.29, 1.82) is 0 Å². The molecule has 1 aromatic carbocycles. The topological polar surface area (TPSA) is 114 Å². The molecule has 0 radical (unpaired) electrons. The Morgan fingerprint density at radius 2 is 1.88 bits per heavy atom. The number of benzene rings is 1. The minimum Gasteiger partial charge on any atom is -0.408 e. The molecule has 1 saturated carbocycles. The summed E-state index contributed by atoms with van der Waals surface area (Å²) >= 11 is 0. The molecule has 0 atom stereocenters. The van der Waals surface area contributed by atoms with Gasteiger partial charge in [-0.3, -0.25) is 19.6 Å². The summed E-state index contributed by atoms with van der Waals surface area (Å²) < 4.78 is 6.22. The zero-order valence-corrected chi connectivity index (χ0v) is 14.0. The molecular weight excluding hydrogens is 340 g/mol. The fraction of sp³-hybridized carbons (Fsp3) is 0.412. The maximum Gasteiger partial charge on any atom is 0.420 e. The van der Waals surface area contributed by atoms with Gasteiger partial charge in [0.2, 0.25) is 0 Å². The third-order valence-corrected chi connectivity index (χ3v) is 4.98. The van der Waals surface area contributed by atoms with E-state index in [0.29, 0.717) is 23.9 Å². The highest BCUT2D eigenvalue weighted by Crippen LogP contribution is 2.32. The van der Waals surface area contributed by atoms with E-state index < -0.39 is 29.1 Å². The average molecular weight is 358 g/mol. The summed E-state index contributed by atoms with van der Waals surface area (Å²) in [6, 6.07) is 6.06. The second-order valence-corrected chi connectivity index (χ2v) is 6.67. The molecule has 4 rings (SSSR count). The number of hydrogen-bond acceptors (Lipinski definition) is 5. The first-order valence-electron chi connectivity index (χ1n) is 8.55. The molecule has 9 heteroatoms. The first kappa shape index (κ1) is 16.4. The van der Waals surface area contributed by atoms with E-state index >= 15 is 0 Å². The Kier molecular flexibility index (Phi) is 3.78. The molecule has 9 nitrogen and oxygen atoms in total. The molecule has 136 valence electrons. The van der Waals surface area contributed by atoms with Crippen molar-refractivity contribution in [3.05, 3.63) is 34.8 Å². The zero-order valence-electron chi connectivity index (χ0n) is 14.0. The van der Waals surface area contributed by atoms with Gasteiger partial charge in [-0.05, 0) is 25.0 Å². The Hall–Kier alpha value is -3.10. The van der Waals surface area contributed by atoms with Gasteiger partial charge >= 0.3 is 11.8 Å². The lowest BCUT2D eigenvalue weighted by Gasteiger charge is -2.30. The van der Waals surface area contributed by atoms with E-state index in [2.05, 4.69) is 10.7 Å². The highest BCUT2D eigenvalue weighted by atomic mass is 16.4. The number of oxazole rings is 1. The molecule has 0 unspecified atom stereocenters. The number of para-hydroxylation sites is 2. The van der Waals surface area contributed by atoms with Crippen LogP contribution in [0, 0.1) is 0 Å². The van der Waals surface area contributed by atoms with Crippen LogP contribution in [-0.4, -0.2) is 33.0 Å². The summed E-state index contributed by atoms with van der Waals surface area (Å²) in [5.41, 5.74) is 2.23. The average Bonchev–Trinajstić information content (AvgIpc) is 3.05. The number of aromatic nitrogens is 1. The SMILES string of the molecule is O=C(Cn1c(=O)oc2ccccc21)NN1C(=O)NC2(CCCCC2)C1=O.